The van der Waals surface area contributed by atoms with Crippen molar-refractivity contribution in [3.05, 3.63) is 30.3 Å². The fourth-order valence-corrected chi connectivity index (χ4v) is 4.58. The minimum Gasteiger partial charge on any atom is -0.473 e. The molecule has 0 aliphatic carbocycles. The molecule has 10 nitrogen and oxygen atoms in total. The van der Waals surface area contributed by atoms with Crippen LogP contribution in [0.1, 0.15) is 12.8 Å². The standard InChI is InChI=1S/C17H27N3O3S.C2H2O4/c1-19(2)12-10-18-17(21)20-11-6-7-15(13-20)14-24(22,23)16-8-4-3-5-9-16;3-1(4)2(5)6/h3-5,8-9,15H,6-7,10-14H2,1-2H3,(H,18,21);(H,3,4)(H,5,6). The van der Waals surface area contributed by atoms with Gasteiger partial charge in [0.05, 0.1) is 10.6 Å². The highest BCUT2D eigenvalue weighted by Gasteiger charge is 2.28. The summed E-state index contributed by atoms with van der Waals surface area (Å²) in [5.74, 6) is -3.56. The number of hydrogen-bond donors (Lipinski definition) is 3. The summed E-state index contributed by atoms with van der Waals surface area (Å²) in [5, 5.41) is 17.7. The summed E-state index contributed by atoms with van der Waals surface area (Å²) in [6, 6.07) is 8.43. The molecule has 1 atom stereocenters. The van der Waals surface area contributed by atoms with Crippen molar-refractivity contribution in [3.63, 3.8) is 0 Å². The molecule has 2 amide bonds. The molecular weight excluding hydrogens is 414 g/mol. The normalized spacial score (nSPS) is 16.4. The Bertz CT molecular complexity index is 801. The summed E-state index contributed by atoms with van der Waals surface area (Å²) in [7, 11) is 0.609. The van der Waals surface area contributed by atoms with E-state index in [2.05, 4.69) is 5.32 Å². The van der Waals surface area contributed by atoms with E-state index in [1.165, 1.54) is 0 Å². The van der Waals surface area contributed by atoms with Crippen LogP contribution in [0.2, 0.25) is 0 Å². The zero-order valence-electron chi connectivity index (χ0n) is 17.2. The summed E-state index contributed by atoms with van der Waals surface area (Å²) >= 11 is 0. The van der Waals surface area contributed by atoms with Crippen LogP contribution in [0.3, 0.4) is 0 Å². The molecule has 1 aliphatic rings. The zero-order chi connectivity index (χ0) is 22.7. The number of sulfone groups is 1. The maximum Gasteiger partial charge on any atom is 0.414 e. The molecule has 2 rings (SSSR count). The first-order valence-electron chi connectivity index (χ1n) is 9.44. The number of hydrogen-bond acceptors (Lipinski definition) is 6. The third kappa shape index (κ3) is 9.23. The van der Waals surface area contributed by atoms with E-state index in [4.69, 9.17) is 19.8 Å². The highest BCUT2D eigenvalue weighted by atomic mass is 32.2. The van der Waals surface area contributed by atoms with Crippen molar-refractivity contribution in [1.29, 1.82) is 0 Å². The number of urea groups is 1. The van der Waals surface area contributed by atoms with Crippen molar-refractivity contribution in [1.82, 2.24) is 15.1 Å². The van der Waals surface area contributed by atoms with E-state index in [0.717, 1.165) is 19.4 Å². The molecule has 1 aromatic carbocycles. The minimum atomic E-state index is -3.30. The maximum atomic E-state index is 12.5. The maximum absolute atomic E-state index is 12.5. The van der Waals surface area contributed by atoms with E-state index in [1.807, 2.05) is 19.0 Å². The second-order valence-corrected chi connectivity index (χ2v) is 9.23. The van der Waals surface area contributed by atoms with Gasteiger partial charge in [-0.1, -0.05) is 18.2 Å². The monoisotopic (exact) mass is 443 g/mol. The molecule has 1 aliphatic heterocycles. The van der Waals surface area contributed by atoms with Gasteiger partial charge < -0.3 is 25.3 Å². The lowest BCUT2D eigenvalue weighted by Crippen LogP contribution is -2.47. The van der Waals surface area contributed by atoms with Crippen LogP contribution in [-0.2, 0) is 19.4 Å². The van der Waals surface area contributed by atoms with Gasteiger partial charge in [-0.05, 0) is 45.0 Å². The Morgan fingerprint density at radius 3 is 2.27 bits per heavy atom. The molecule has 1 fully saturated rings. The highest BCUT2D eigenvalue weighted by molar-refractivity contribution is 7.91. The first-order valence-corrected chi connectivity index (χ1v) is 11.1. The fourth-order valence-electron chi connectivity index (χ4n) is 2.92. The number of carboxylic acids is 2. The van der Waals surface area contributed by atoms with Crippen LogP contribution >= 0.6 is 0 Å². The number of aliphatic carboxylic acids is 2. The average Bonchev–Trinajstić information content (AvgIpc) is 2.68. The minimum absolute atomic E-state index is 0.0106. The third-order valence-electron chi connectivity index (χ3n) is 4.38. The van der Waals surface area contributed by atoms with Crippen LogP contribution in [0, 0.1) is 5.92 Å². The van der Waals surface area contributed by atoms with Gasteiger partial charge in [0.15, 0.2) is 9.84 Å². The van der Waals surface area contributed by atoms with Gasteiger partial charge in [0, 0.05) is 26.2 Å². The quantitative estimate of drug-likeness (QED) is 0.542. The Morgan fingerprint density at radius 2 is 1.73 bits per heavy atom. The number of amides is 2. The Hall–Kier alpha value is -2.66. The molecule has 1 saturated heterocycles. The molecule has 1 unspecified atom stereocenters. The number of benzene rings is 1. The average molecular weight is 444 g/mol. The molecule has 0 radical (unpaired) electrons. The second-order valence-electron chi connectivity index (χ2n) is 7.19. The van der Waals surface area contributed by atoms with Gasteiger partial charge in [0.2, 0.25) is 0 Å². The molecule has 0 spiro atoms. The zero-order valence-corrected chi connectivity index (χ0v) is 18.0. The number of nitrogens with zero attached hydrogens (tertiary/aromatic N) is 2. The summed E-state index contributed by atoms with van der Waals surface area (Å²) in [5.41, 5.74) is 0. The summed E-state index contributed by atoms with van der Waals surface area (Å²) < 4.78 is 25.0. The van der Waals surface area contributed by atoms with Crippen molar-refractivity contribution in [2.45, 2.75) is 17.7 Å². The Balaban J connectivity index is 0.000000656. The van der Waals surface area contributed by atoms with Crippen LogP contribution in [0.25, 0.3) is 0 Å². The van der Waals surface area contributed by atoms with Crippen molar-refractivity contribution in [2.24, 2.45) is 5.92 Å². The summed E-state index contributed by atoms with van der Waals surface area (Å²) in [6.07, 6.45) is 1.68. The molecule has 0 aromatic heterocycles. The van der Waals surface area contributed by atoms with Crippen LogP contribution in [0.4, 0.5) is 4.79 Å². The largest absolute Gasteiger partial charge is 0.473 e. The molecule has 30 heavy (non-hydrogen) atoms. The first kappa shape index (κ1) is 25.4. The second kappa shape index (κ2) is 12.1. The van der Waals surface area contributed by atoms with Crippen LogP contribution in [-0.4, -0.2) is 92.4 Å². The molecular formula is C19H29N3O7S. The molecule has 0 bridgehead atoms. The first-order chi connectivity index (χ1) is 14.0. The van der Waals surface area contributed by atoms with E-state index in [0.29, 0.717) is 24.5 Å². The van der Waals surface area contributed by atoms with Crippen LogP contribution in [0.5, 0.6) is 0 Å². The topological polar surface area (TPSA) is 144 Å². The lowest BCUT2D eigenvalue weighted by molar-refractivity contribution is -0.159. The van der Waals surface area contributed by atoms with E-state index >= 15 is 0 Å². The lowest BCUT2D eigenvalue weighted by Gasteiger charge is -2.32. The lowest BCUT2D eigenvalue weighted by atomic mass is 10.0. The number of nitrogens with one attached hydrogen (secondary N) is 1. The predicted octanol–water partition coefficient (Wildman–Crippen LogP) is 0.599. The molecule has 11 heteroatoms. The van der Waals surface area contributed by atoms with Crippen molar-refractivity contribution in [2.75, 3.05) is 46.0 Å². The SMILES string of the molecule is CN(C)CCNC(=O)N1CCCC(CS(=O)(=O)c2ccccc2)C1.O=C(O)C(=O)O. The number of carbonyl (C=O) groups excluding carboxylic acids is 1. The molecule has 1 aromatic rings. The van der Waals surface area contributed by atoms with E-state index < -0.39 is 21.8 Å². The van der Waals surface area contributed by atoms with E-state index in [1.54, 1.807) is 35.2 Å². The number of likely N-dealkylation sites (N-methyl/N-ethyl adjacent to an activating group) is 1. The van der Waals surface area contributed by atoms with Gasteiger partial charge in [-0.15, -0.1) is 0 Å². The van der Waals surface area contributed by atoms with E-state index in [-0.39, 0.29) is 17.7 Å². The van der Waals surface area contributed by atoms with Gasteiger partial charge >= 0.3 is 18.0 Å². The number of carboxylic acid groups (broad SMARTS) is 2. The number of rotatable bonds is 6. The number of carbonyl (C=O) groups is 3. The Morgan fingerprint density at radius 1 is 1.13 bits per heavy atom. The van der Waals surface area contributed by atoms with Crippen molar-refractivity contribution in [3.8, 4) is 0 Å². The number of piperidine rings is 1. The van der Waals surface area contributed by atoms with Crippen LogP contribution in [0.15, 0.2) is 35.2 Å². The van der Waals surface area contributed by atoms with Gasteiger partial charge in [0.1, 0.15) is 0 Å². The highest BCUT2D eigenvalue weighted by Crippen LogP contribution is 2.21. The summed E-state index contributed by atoms with van der Waals surface area (Å²) in [4.78, 5) is 34.5. The van der Waals surface area contributed by atoms with E-state index in [9.17, 15) is 13.2 Å². The van der Waals surface area contributed by atoms with Crippen LogP contribution < -0.4 is 5.32 Å². The molecule has 0 saturated carbocycles. The van der Waals surface area contributed by atoms with Crippen molar-refractivity contribution < 1.29 is 33.0 Å². The molecule has 1 heterocycles. The molecule has 3 N–H and O–H groups in total. The van der Waals surface area contributed by atoms with Gasteiger partial charge in [-0.25, -0.2) is 22.8 Å². The van der Waals surface area contributed by atoms with Gasteiger partial charge in [0.25, 0.3) is 0 Å². The van der Waals surface area contributed by atoms with Gasteiger partial charge in [-0.2, -0.15) is 0 Å². The fraction of sp³-hybridized carbons (Fsp3) is 0.526. The predicted molar refractivity (Wildman–Crippen MR) is 110 cm³/mol. The number of likely N-dealkylation sites (tertiary alicyclic amines) is 1. The van der Waals surface area contributed by atoms with Crippen molar-refractivity contribution >= 4 is 27.8 Å². The summed E-state index contributed by atoms with van der Waals surface area (Å²) in [6.45, 7) is 2.57. The Kier molecular flexibility index (Phi) is 10.3. The third-order valence-corrected chi connectivity index (χ3v) is 6.28. The smallest absolute Gasteiger partial charge is 0.414 e. The molecule has 168 valence electrons. The van der Waals surface area contributed by atoms with Gasteiger partial charge in [-0.3, -0.25) is 0 Å². The Labute approximate surface area is 176 Å².